The van der Waals surface area contributed by atoms with Crippen molar-refractivity contribution in [3.05, 3.63) is 24.0 Å². The molecular formula is C15H21N3O4. The number of hydrogen-bond acceptors (Lipinski definition) is 6. The van der Waals surface area contributed by atoms with E-state index < -0.39 is 0 Å². The molecule has 0 bridgehead atoms. The molecule has 2 heterocycles. The maximum Gasteiger partial charge on any atom is 0.251 e. The van der Waals surface area contributed by atoms with Crippen LogP contribution in [-0.4, -0.2) is 35.9 Å². The highest BCUT2D eigenvalue weighted by Crippen LogP contribution is 2.22. The van der Waals surface area contributed by atoms with Gasteiger partial charge in [-0.05, 0) is 26.3 Å². The Morgan fingerprint density at radius 1 is 1.41 bits per heavy atom. The van der Waals surface area contributed by atoms with Crippen LogP contribution in [0, 0.1) is 6.92 Å². The third-order valence-electron chi connectivity index (χ3n) is 3.11. The molecule has 0 aliphatic heterocycles. The van der Waals surface area contributed by atoms with E-state index in [4.69, 9.17) is 13.6 Å². The first-order valence-corrected chi connectivity index (χ1v) is 7.42. The van der Waals surface area contributed by atoms with Gasteiger partial charge in [0.05, 0.1) is 11.8 Å². The molecule has 0 radical (unpaired) electrons. The summed E-state index contributed by atoms with van der Waals surface area (Å²) in [5, 5.41) is 10.7. The second-order valence-electron chi connectivity index (χ2n) is 4.79. The lowest BCUT2D eigenvalue weighted by atomic mass is 10.2. The molecular weight excluding hydrogens is 286 g/mol. The highest BCUT2D eigenvalue weighted by atomic mass is 16.5. The monoisotopic (exact) mass is 307 g/mol. The van der Waals surface area contributed by atoms with Crippen molar-refractivity contribution >= 4 is 5.91 Å². The van der Waals surface area contributed by atoms with Gasteiger partial charge in [0.15, 0.2) is 0 Å². The molecule has 2 rings (SSSR count). The minimum absolute atomic E-state index is 0.0317. The predicted octanol–water partition coefficient (Wildman–Crippen LogP) is 2.11. The normalized spacial score (nSPS) is 10.8. The van der Waals surface area contributed by atoms with Crippen molar-refractivity contribution < 1.29 is 18.4 Å². The lowest BCUT2D eigenvalue weighted by Crippen LogP contribution is -2.25. The Balaban J connectivity index is 1.72. The Kier molecular flexibility index (Phi) is 6.14. The van der Waals surface area contributed by atoms with Gasteiger partial charge in [-0.1, -0.05) is 0 Å². The Bertz CT molecular complexity index is 591. The molecule has 0 aliphatic carbocycles. The summed E-state index contributed by atoms with van der Waals surface area (Å²) in [5.74, 6) is 1.55. The van der Waals surface area contributed by atoms with Crippen molar-refractivity contribution in [1.82, 2.24) is 15.5 Å². The fraction of sp³-hybridized carbons (Fsp3) is 0.533. The second kappa shape index (κ2) is 8.33. The van der Waals surface area contributed by atoms with Crippen LogP contribution in [0.15, 0.2) is 21.2 Å². The van der Waals surface area contributed by atoms with E-state index in [9.17, 15) is 4.79 Å². The van der Waals surface area contributed by atoms with Crippen molar-refractivity contribution in [3.8, 4) is 11.5 Å². The predicted molar refractivity (Wildman–Crippen MR) is 79.2 cm³/mol. The highest BCUT2D eigenvalue weighted by Gasteiger charge is 2.13. The van der Waals surface area contributed by atoms with Crippen LogP contribution in [0.4, 0.5) is 0 Å². The van der Waals surface area contributed by atoms with Crippen molar-refractivity contribution in [2.45, 2.75) is 33.1 Å². The van der Waals surface area contributed by atoms with E-state index >= 15 is 0 Å². The summed E-state index contributed by atoms with van der Waals surface area (Å²) in [4.78, 5) is 11.7. The molecule has 2 aromatic heterocycles. The summed E-state index contributed by atoms with van der Waals surface area (Å²) in [6.07, 6.45) is 3.12. The number of hydrogen-bond donors (Lipinski definition) is 1. The number of nitrogens with zero attached hydrogens (tertiary/aromatic N) is 2. The van der Waals surface area contributed by atoms with Gasteiger partial charge in [-0.25, -0.2) is 0 Å². The van der Waals surface area contributed by atoms with E-state index in [1.807, 2.05) is 13.8 Å². The summed E-state index contributed by atoms with van der Waals surface area (Å²) < 4.78 is 15.9. The molecule has 7 nitrogen and oxygen atoms in total. The summed E-state index contributed by atoms with van der Waals surface area (Å²) in [5.41, 5.74) is 0.777. The van der Waals surface area contributed by atoms with Gasteiger partial charge in [0.25, 0.3) is 5.89 Å². The maximum atomic E-state index is 11.7. The van der Waals surface area contributed by atoms with E-state index in [0.717, 1.165) is 17.7 Å². The van der Waals surface area contributed by atoms with Crippen molar-refractivity contribution in [2.75, 3.05) is 19.8 Å². The molecule has 0 unspecified atom stereocenters. The summed E-state index contributed by atoms with van der Waals surface area (Å²) in [7, 11) is 0. The molecule has 0 fully saturated rings. The van der Waals surface area contributed by atoms with E-state index in [1.165, 1.54) is 0 Å². The van der Waals surface area contributed by atoms with Crippen LogP contribution in [0.3, 0.4) is 0 Å². The maximum absolute atomic E-state index is 11.7. The van der Waals surface area contributed by atoms with E-state index in [-0.39, 0.29) is 5.91 Å². The number of carbonyl (C=O) groups excluding carboxylic acids is 1. The number of nitrogens with one attached hydrogen (secondary N) is 1. The smallest absolute Gasteiger partial charge is 0.251 e. The molecule has 0 aliphatic rings. The van der Waals surface area contributed by atoms with Gasteiger partial charge >= 0.3 is 0 Å². The van der Waals surface area contributed by atoms with Gasteiger partial charge in [0, 0.05) is 32.6 Å². The zero-order valence-corrected chi connectivity index (χ0v) is 12.9. The minimum atomic E-state index is -0.0317. The molecule has 0 aromatic carbocycles. The van der Waals surface area contributed by atoms with E-state index in [0.29, 0.717) is 44.4 Å². The lowest BCUT2D eigenvalue weighted by Gasteiger charge is -2.04. The Hall–Kier alpha value is -2.15. The zero-order valence-electron chi connectivity index (χ0n) is 12.9. The number of ether oxygens (including phenoxy) is 1. The topological polar surface area (TPSA) is 90.4 Å². The third-order valence-corrected chi connectivity index (χ3v) is 3.11. The highest BCUT2D eigenvalue weighted by molar-refractivity contribution is 5.75. The minimum Gasteiger partial charge on any atom is -0.469 e. The van der Waals surface area contributed by atoms with Crippen LogP contribution < -0.4 is 5.32 Å². The molecule has 7 heteroatoms. The zero-order chi connectivity index (χ0) is 15.8. The van der Waals surface area contributed by atoms with Gasteiger partial charge in [-0.2, -0.15) is 0 Å². The SMILES string of the molecule is CCOCCCNC(=O)CCc1nnc(-c2ccoc2C)o1. The van der Waals surface area contributed by atoms with Gasteiger partial charge in [0.2, 0.25) is 11.8 Å². The molecule has 0 saturated heterocycles. The number of carbonyl (C=O) groups is 1. The number of aryl methyl sites for hydroxylation is 2. The van der Waals surface area contributed by atoms with Crippen molar-refractivity contribution in [2.24, 2.45) is 0 Å². The Morgan fingerprint density at radius 3 is 3.00 bits per heavy atom. The number of rotatable bonds is 9. The molecule has 22 heavy (non-hydrogen) atoms. The molecule has 0 atom stereocenters. The molecule has 1 N–H and O–H groups in total. The second-order valence-corrected chi connectivity index (χ2v) is 4.79. The summed E-state index contributed by atoms with van der Waals surface area (Å²) in [6, 6.07) is 1.78. The molecule has 1 amide bonds. The quantitative estimate of drug-likeness (QED) is 0.714. The third kappa shape index (κ3) is 4.70. The fourth-order valence-corrected chi connectivity index (χ4v) is 1.93. The standard InChI is InChI=1S/C15H21N3O4/c1-3-20-9-4-8-16-13(19)5-6-14-17-18-15(22-14)12-7-10-21-11(12)2/h7,10H,3-6,8-9H2,1-2H3,(H,16,19). The average molecular weight is 307 g/mol. The Labute approximate surface area is 129 Å². The number of amides is 1. The van der Waals surface area contributed by atoms with Gasteiger partial charge in [-0.3, -0.25) is 4.79 Å². The van der Waals surface area contributed by atoms with Crippen LogP contribution in [0.2, 0.25) is 0 Å². The van der Waals surface area contributed by atoms with Crippen LogP contribution >= 0.6 is 0 Å². The fourth-order valence-electron chi connectivity index (χ4n) is 1.93. The summed E-state index contributed by atoms with van der Waals surface area (Å²) >= 11 is 0. The van der Waals surface area contributed by atoms with Crippen LogP contribution in [-0.2, 0) is 16.0 Å². The van der Waals surface area contributed by atoms with Gasteiger partial charge in [-0.15, -0.1) is 10.2 Å². The first-order valence-electron chi connectivity index (χ1n) is 7.42. The van der Waals surface area contributed by atoms with Gasteiger partial charge in [0.1, 0.15) is 5.76 Å². The first kappa shape index (κ1) is 16.2. The molecule has 0 saturated carbocycles. The van der Waals surface area contributed by atoms with E-state index in [2.05, 4.69) is 15.5 Å². The lowest BCUT2D eigenvalue weighted by molar-refractivity contribution is -0.121. The number of furan rings is 1. The molecule has 120 valence electrons. The van der Waals surface area contributed by atoms with Gasteiger partial charge < -0.3 is 18.9 Å². The van der Waals surface area contributed by atoms with Crippen molar-refractivity contribution in [1.29, 1.82) is 0 Å². The van der Waals surface area contributed by atoms with Crippen LogP contribution in [0.5, 0.6) is 0 Å². The van der Waals surface area contributed by atoms with Crippen LogP contribution in [0.25, 0.3) is 11.5 Å². The number of aromatic nitrogens is 2. The Morgan fingerprint density at radius 2 is 2.27 bits per heavy atom. The molecule has 0 spiro atoms. The van der Waals surface area contributed by atoms with E-state index in [1.54, 1.807) is 12.3 Å². The average Bonchev–Trinajstić information content (AvgIpc) is 3.13. The summed E-state index contributed by atoms with van der Waals surface area (Å²) in [6.45, 7) is 5.75. The largest absolute Gasteiger partial charge is 0.469 e. The van der Waals surface area contributed by atoms with Crippen LogP contribution in [0.1, 0.15) is 31.4 Å². The first-order chi connectivity index (χ1) is 10.7. The van der Waals surface area contributed by atoms with Crippen molar-refractivity contribution in [3.63, 3.8) is 0 Å². The molecule has 2 aromatic rings.